The molecule has 0 unspecified atom stereocenters. The number of benzene rings is 1. The average molecular weight is 257 g/mol. The Morgan fingerprint density at radius 3 is 2.79 bits per heavy atom. The summed E-state index contributed by atoms with van der Waals surface area (Å²) in [7, 11) is 0. The number of nitrogens with zero attached hydrogens (tertiary/aromatic N) is 2. The molecule has 1 aromatic carbocycles. The molecule has 4 heteroatoms. The molecule has 0 aliphatic heterocycles. The third kappa shape index (κ3) is 2.89. The van der Waals surface area contributed by atoms with Crippen LogP contribution in [0.3, 0.4) is 0 Å². The van der Waals surface area contributed by atoms with Gasteiger partial charge < -0.3 is 14.6 Å². The number of anilines is 2. The summed E-state index contributed by atoms with van der Waals surface area (Å²) in [4.78, 5) is 4.37. The molecule has 0 amide bonds. The highest BCUT2D eigenvalue weighted by Gasteiger charge is 2.25. The molecular weight excluding hydrogens is 238 g/mol. The summed E-state index contributed by atoms with van der Waals surface area (Å²) in [5.41, 5.74) is 1.04. The van der Waals surface area contributed by atoms with Gasteiger partial charge in [0.05, 0.1) is 6.61 Å². The maximum absolute atomic E-state index is 5.57. The highest BCUT2D eigenvalue weighted by atomic mass is 16.5. The van der Waals surface area contributed by atoms with Gasteiger partial charge >= 0.3 is 0 Å². The maximum atomic E-state index is 5.57. The van der Waals surface area contributed by atoms with Gasteiger partial charge in [0.2, 0.25) is 5.95 Å². The average Bonchev–Trinajstić information content (AvgIpc) is 3.19. The number of imidazole rings is 1. The second-order valence-electron chi connectivity index (χ2n) is 4.89. The van der Waals surface area contributed by atoms with Crippen LogP contribution in [0.5, 0.6) is 5.75 Å². The van der Waals surface area contributed by atoms with E-state index in [4.69, 9.17) is 4.74 Å². The SMILES string of the molecule is CCCOc1ccc(Nc2nccn2C2CC2)cc1. The second kappa shape index (κ2) is 5.34. The van der Waals surface area contributed by atoms with E-state index in [1.54, 1.807) is 0 Å². The van der Waals surface area contributed by atoms with Gasteiger partial charge in [-0.15, -0.1) is 0 Å². The third-order valence-electron chi connectivity index (χ3n) is 3.19. The molecule has 2 aromatic rings. The van der Waals surface area contributed by atoms with Gasteiger partial charge in [0.1, 0.15) is 5.75 Å². The zero-order valence-electron chi connectivity index (χ0n) is 11.2. The highest BCUT2D eigenvalue weighted by molar-refractivity contribution is 5.55. The first kappa shape index (κ1) is 12.1. The van der Waals surface area contributed by atoms with Crippen LogP contribution in [0.1, 0.15) is 32.2 Å². The lowest BCUT2D eigenvalue weighted by atomic mass is 10.3. The Hall–Kier alpha value is -1.97. The molecule has 19 heavy (non-hydrogen) atoms. The summed E-state index contributed by atoms with van der Waals surface area (Å²) in [5.74, 6) is 1.84. The van der Waals surface area contributed by atoms with Crippen molar-refractivity contribution in [2.45, 2.75) is 32.2 Å². The van der Waals surface area contributed by atoms with Crippen molar-refractivity contribution < 1.29 is 4.74 Å². The van der Waals surface area contributed by atoms with E-state index in [1.165, 1.54) is 12.8 Å². The van der Waals surface area contributed by atoms with Gasteiger partial charge in [-0.1, -0.05) is 6.92 Å². The summed E-state index contributed by atoms with van der Waals surface area (Å²) in [5, 5.41) is 3.35. The number of rotatable bonds is 6. The van der Waals surface area contributed by atoms with Gasteiger partial charge in [0.15, 0.2) is 0 Å². The Labute approximate surface area is 113 Å². The van der Waals surface area contributed by atoms with Crippen LogP contribution in [0, 0.1) is 0 Å². The molecule has 4 nitrogen and oxygen atoms in total. The molecule has 1 aliphatic rings. The first-order valence-electron chi connectivity index (χ1n) is 6.89. The predicted octanol–water partition coefficient (Wildman–Crippen LogP) is 3.75. The molecule has 0 radical (unpaired) electrons. The van der Waals surface area contributed by atoms with Crippen LogP contribution in [0.2, 0.25) is 0 Å². The maximum Gasteiger partial charge on any atom is 0.207 e. The topological polar surface area (TPSA) is 39.1 Å². The molecule has 0 bridgehead atoms. The Balaban J connectivity index is 1.67. The normalized spacial score (nSPS) is 14.4. The van der Waals surface area contributed by atoms with Crippen LogP contribution in [0.4, 0.5) is 11.6 Å². The Morgan fingerprint density at radius 2 is 2.11 bits per heavy atom. The predicted molar refractivity (Wildman–Crippen MR) is 76.0 cm³/mol. The summed E-state index contributed by atoms with van der Waals surface area (Å²) in [6.07, 6.45) is 7.43. The lowest BCUT2D eigenvalue weighted by Gasteiger charge is -2.10. The molecule has 3 rings (SSSR count). The molecule has 1 fully saturated rings. The van der Waals surface area contributed by atoms with Crippen LogP contribution >= 0.6 is 0 Å². The van der Waals surface area contributed by atoms with Crippen molar-refractivity contribution in [3.63, 3.8) is 0 Å². The minimum absolute atomic E-state index is 0.636. The van der Waals surface area contributed by atoms with Crippen molar-refractivity contribution in [2.75, 3.05) is 11.9 Å². The molecule has 1 heterocycles. The molecule has 0 atom stereocenters. The first-order chi connectivity index (χ1) is 9.36. The van der Waals surface area contributed by atoms with Gasteiger partial charge in [-0.2, -0.15) is 0 Å². The minimum Gasteiger partial charge on any atom is -0.494 e. The fourth-order valence-electron chi connectivity index (χ4n) is 2.04. The van der Waals surface area contributed by atoms with Gasteiger partial charge in [-0.25, -0.2) is 4.98 Å². The summed E-state index contributed by atoms with van der Waals surface area (Å²) in [6, 6.07) is 8.66. The van der Waals surface area contributed by atoms with Crippen molar-refractivity contribution in [2.24, 2.45) is 0 Å². The van der Waals surface area contributed by atoms with Crippen LogP contribution in [-0.2, 0) is 0 Å². The lowest BCUT2D eigenvalue weighted by molar-refractivity contribution is 0.317. The number of hydrogen-bond donors (Lipinski definition) is 1. The van der Waals surface area contributed by atoms with E-state index >= 15 is 0 Å². The first-order valence-corrected chi connectivity index (χ1v) is 6.89. The van der Waals surface area contributed by atoms with E-state index in [0.717, 1.165) is 30.4 Å². The standard InChI is InChI=1S/C15H19N3O/c1-2-11-19-14-7-3-12(4-8-14)17-15-16-9-10-18(15)13-5-6-13/h3-4,7-10,13H,2,5-6,11H2,1H3,(H,16,17). The van der Waals surface area contributed by atoms with Gasteiger partial charge in [-0.05, 0) is 43.5 Å². The van der Waals surface area contributed by atoms with Crippen molar-refractivity contribution in [1.29, 1.82) is 0 Å². The second-order valence-corrected chi connectivity index (χ2v) is 4.89. The smallest absolute Gasteiger partial charge is 0.207 e. The minimum atomic E-state index is 0.636. The van der Waals surface area contributed by atoms with Crippen LogP contribution < -0.4 is 10.1 Å². The summed E-state index contributed by atoms with van der Waals surface area (Å²) in [6.45, 7) is 2.87. The van der Waals surface area contributed by atoms with Gasteiger partial charge in [-0.3, -0.25) is 0 Å². The molecule has 0 spiro atoms. The van der Waals surface area contributed by atoms with Crippen LogP contribution in [0.15, 0.2) is 36.7 Å². The van der Waals surface area contributed by atoms with E-state index < -0.39 is 0 Å². The van der Waals surface area contributed by atoms with E-state index in [0.29, 0.717) is 6.04 Å². The summed E-state index contributed by atoms with van der Waals surface area (Å²) < 4.78 is 7.78. The lowest BCUT2D eigenvalue weighted by Crippen LogP contribution is -2.01. The zero-order chi connectivity index (χ0) is 13.1. The van der Waals surface area contributed by atoms with Crippen molar-refractivity contribution in [3.8, 4) is 5.75 Å². The van der Waals surface area contributed by atoms with Crippen LogP contribution in [-0.4, -0.2) is 16.2 Å². The molecule has 100 valence electrons. The van der Waals surface area contributed by atoms with E-state index in [2.05, 4.69) is 21.8 Å². The van der Waals surface area contributed by atoms with E-state index in [9.17, 15) is 0 Å². The molecule has 1 saturated carbocycles. The molecule has 1 N–H and O–H groups in total. The van der Waals surface area contributed by atoms with E-state index in [1.807, 2.05) is 36.7 Å². The summed E-state index contributed by atoms with van der Waals surface area (Å²) >= 11 is 0. The quantitative estimate of drug-likeness (QED) is 0.856. The van der Waals surface area contributed by atoms with Gasteiger partial charge in [0.25, 0.3) is 0 Å². The monoisotopic (exact) mass is 257 g/mol. The van der Waals surface area contributed by atoms with Gasteiger partial charge in [0, 0.05) is 24.1 Å². The molecule has 1 aliphatic carbocycles. The Morgan fingerprint density at radius 1 is 1.32 bits per heavy atom. The molecule has 1 aromatic heterocycles. The third-order valence-corrected chi connectivity index (χ3v) is 3.19. The molecule has 0 saturated heterocycles. The Kier molecular flexibility index (Phi) is 3.40. The zero-order valence-corrected chi connectivity index (χ0v) is 11.2. The van der Waals surface area contributed by atoms with Crippen molar-refractivity contribution >= 4 is 11.6 Å². The largest absolute Gasteiger partial charge is 0.494 e. The fraction of sp³-hybridized carbons (Fsp3) is 0.400. The van der Waals surface area contributed by atoms with Crippen LogP contribution in [0.25, 0.3) is 0 Å². The number of nitrogens with one attached hydrogen (secondary N) is 1. The number of aromatic nitrogens is 2. The fourth-order valence-corrected chi connectivity index (χ4v) is 2.04. The van der Waals surface area contributed by atoms with E-state index in [-0.39, 0.29) is 0 Å². The highest BCUT2D eigenvalue weighted by Crippen LogP contribution is 2.37. The van der Waals surface area contributed by atoms with Crippen molar-refractivity contribution in [3.05, 3.63) is 36.7 Å². The molecular formula is C15H19N3O. The Bertz CT molecular complexity index is 529. The number of hydrogen-bond acceptors (Lipinski definition) is 3. The number of ether oxygens (including phenoxy) is 1. The van der Waals surface area contributed by atoms with Crippen molar-refractivity contribution in [1.82, 2.24) is 9.55 Å².